The van der Waals surface area contributed by atoms with E-state index in [1.165, 1.54) is 103 Å². The molecule has 0 heterocycles. The van der Waals surface area contributed by atoms with E-state index in [1.54, 1.807) is 20.8 Å². The second-order valence-corrected chi connectivity index (χ2v) is 12.6. The van der Waals surface area contributed by atoms with Crippen LogP contribution in [0, 0.1) is 0 Å². The summed E-state index contributed by atoms with van der Waals surface area (Å²) in [5.74, 6) is -3.64. The Labute approximate surface area is 264 Å². The minimum atomic E-state index is -1.36. The minimum absolute atomic E-state index is 0.133. The molecular weight excluding hydrogens is 542 g/mol. The van der Waals surface area contributed by atoms with Gasteiger partial charge in [0.1, 0.15) is 6.04 Å². The predicted octanol–water partition coefficient (Wildman–Crippen LogP) is 8.44. The summed E-state index contributed by atoms with van der Waals surface area (Å²) in [5.41, 5.74) is 0. The van der Waals surface area contributed by atoms with Crippen LogP contribution in [0.2, 0.25) is 0 Å². The Bertz CT molecular complexity index is 697. The van der Waals surface area contributed by atoms with E-state index in [1.807, 2.05) is 0 Å². The molecule has 0 aliphatic heterocycles. The molecule has 7 nitrogen and oxygen atoms in total. The van der Waals surface area contributed by atoms with Crippen LogP contribution in [0.25, 0.3) is 0 Å². The molecule has 0 bridgehead atoms. The molecule has 0 rings (SSSR count). The van der Waals surface area contributed by atoms with Crippen molar-refractivity contribution in [3.8, 4) is 0 Å². The number of carboxylic acid groups (broad SMARTS) is 3. The van der Waals surface area contributed by atoms with Crippen LogP contribution in [0.5, 0.6) is 0 Å². The van der Waals surface area contributed by atoms with Crippen molar-refractivity contribution < 1.29 is 34.2 Å². The van der Waals surface area contributed by atoms with Gasteiger partial charge in [-0.25, -0.2) is 9.59 Å². The highest BCUT2D eigenvalue weighted by Gasteiger charge is 2.53. The number of unbranched alkanes of at least 4 members (excludes halogenated alkanes) is 19. The Kier molecular flexibility index (Phi) is 25.3. The largest absolute Gasteiger partial charge is 0.544 e. The molecule has 0 fully saturated rings. The number of aliphatic carboxylic acids is 3. The number of rotatable bonds is 31. The fourth-order valence-electron chi connectivity index (χ4n) is 7.08. The number of quaternary nitrogens is 1. The van der Waals surface area contributed by atoms with Gasteiger partial charge in [-0.15, -0.1) is 0 Å². The molecule has 0 saturated heterocycles. The molecule has 0 spiro atoms. The van der Waals surface area contributed by atoms with Gasteiger partial charge in [-0.1, -0.05) is 136 Å². The van der Waals surface area contributed by atoms with Gasteiger partial charge in [0.25, 0.3) is 0 Å². The monoisotopic (exact) mass is 609 g/mol. The van der Waals surface area contributed by atoms with Gasteiger partial charge in [0.2, 0.25) is 0 Å². The lowest BCUT2D eigenvalue weighted by Gasteiger charge is -2.51. The van der Waals surface area contributed by atoms with Crippen molar-refractivity contribution in [2.75, 3.05) is 6.54 Å². The highest BCUT2D eigenvalue weighted by Crippen LogP contribution is 2.32. The number of carboxylic acids is 3. The summed E-state index contributed by atoms with van der Waals surface area (Å²) in [6, 6.07) is -3.37. The highest BCUT2D eigenvalue weighted by molar-refractivity contribution is 5.77. The maximum absolute atomic E-state index is 12.3. The molecule has 43 heavy (non-hydrogen) atoms. The van der Waals surface area contributed by atoms with Gasteiger partial charge in [0.05, 0.1) is 12.5 Å². The third-order valence-electron chi connectivity index (χ3n) is 9.40. The topological polar surface area (TPSA) is 115 Å². The summed E-state index contributed by atoms with van der Waals surface area (Å²) in [7, 11) is 0. The van der Waals surface area contributed by atoms with E-state index < -0.39 is 40.5 Å². The van der Waals surface area contributed by atoms with Crippen LogP contribution in [0.4, 0.5) is 0 Å². The molecular formula is C36H67NO6. The Morgan fingerprint density at radius 2 is 0.860 bits per heavy atom. The van der Waals surface area contributed by atoms with E-state index in [0.717, 1.165) is 19.3 Å². The zero-order valence-corrected chi connectivity index (χ0v) is 28.3. The maximum Gasteiger partial charge on any atom is 0.362 e. The van der Waals surface area contributed by atoms with Crippen LogP contribution in [0.1, 0.15) is 175 Å². The molecule has 0 amide bonds. The first kappa shape index (κ1) is 41.1. The molecule has 0 radical (unpaired) electrons. The van der Waals surface area contributed by atoms with Crippen LogP contribution in [0.3, 0.4) is 0 Å². The van der Waals surface area contributed by atoms with Gasteiger partial charge in [0.15, 0.2) is 12.1 Å². The van der Waals surface area contributed by atoms with Crippen molar-refractivity contribution in [2.24, 2.45) is 0 Å². The number of carbonyl (C=O) groups is 3. The van der Waals surface area contributed by atoms with Crippen LogP contribution in [-0.4, -0.2) is 57.3 Å². The van der Waals surface area contributed by atoms with Crippen molar-refractivity contribution in [1.29, 1.82) is 0 Å². The van der Waals surface area contributed by atoms with Crippen molar-refractivity contribution in [3.05, 3.63) is 12.2 Å². The lowest BCUT2D eigenvalue weighted by Crippen LogP contribution is -2.73. The van der Waals surface area contributed by atoms with Crippen LogP contribution in [0.15, 0.2) is 12.2 Å². The number of hydrogen-bond acceptors (Lipinski definition) is 4. The lowest BCUT2D eigenvalue weighted by molar-refractivity contribution is -0.974. The van der Waals surface area contributed by atoms with Crippen LogP contribution in [-0.2, 0) is 14.4 Å². The van der Waals surface area contributed by atoms with Gasteiger partial charge in [-0.05, 0) is 32.6 Å². The summed E-state index contributed by atoms with van der Waals surface area (Å²) in [5, 5.41) is 32.2. The molecule has 0 aliphatic rings. The number of carbonyl (C=O) groups excluding carboxylic acids is 1. The third kappa shape index (κ3) is 16.7. The fraction of sp³-hybridized carbons (Fsp3) is 0.861. The van der Waals surface area contributed by atoms with E-state index in [9.17, 15) is 29.7 Å². The average Bonchev–Trinajstić information content (AvgIpc) is 2.96. The zero-order chi connectivity index (χ0) is 32.3. The van der Waals surface area contributed by atoms with E-state index >= 15 is 0 Å². The van der Waals surface area contributed by atoms with Crippen molar-refractivity contribution in [3.63, 3.8) is 0 Å². The van der Waals surface area contributed by atoms with Crippen LogP contribution < -0.4 is 5.11 Å². The van der Waals surface area contributed by atoms with Crippen molar-refractivity contribution >= 4 is 17.9 Å². The van der Waals surface area contributed by atoms with E-state index in [4.69, 9.17) is 0 Å². The molecule has 0 aliphatic carbocycles. The summed E-state index contributed by atoms with van der Waals surface area (Å²) in [6.07, 6.45) is 29.7. The molecule has 7 heteroatoms. The maximum atomic E-state index is 12.3. The predicted molar refractivity (Wildman–Crippen MR) is 175 cm³/mol. The Morgan fingerprint density at radius 3 is 1.12 bits per heavy atom. The average molecular weight is 610 g/mol. The van der Waals surface area contributed by atoms with Crippen molar-refractivity contribution in [2.45, 2.75) is 193 Å². The second kappa shape index (κ2) is 26.5. The number of nitrogens with zero attached hydrogens (tertiary/aromatic N) is 1. The standard InChI is InChI=1S/C36H67NO6/c1-5-9-10-11-12-13-14-15-16-17-18-19-20-21-22-23-24-25-26-27-28-29-30-37(31(6-2)34(38)39,32(7-3)35(40)41)33(8-4)36(42)43/h5,9,31-33H,6-8,10-30H2,1-4H3,(H2-,38,39,40,41,42,43)/b9-5+. The molecule has 252 valence electrons. The summed E-state index contributed by atoms with van der Waals surface area (Å²) in [4.78, 5) is 36.7. The first-order chi connectivity index (χ1) is 20.7. The lowest BCUT2D eigenvalue weighted by atomic mass is 9.93. The number of hydrogen-bond donors (Lipinski definition) is 2. The Hall–Kier alpha value is -1.89. The molecule has 3 atom stereocenters. The van der Waals surface area contributed by atoms with Gasteiger partial charge >= 0.3 is 11.9 Å². The zero-order valence-electron chi connectivity index (χ0n) is 28.3. The van der Waals surface area contributed by atoms with E-state index in [2.05, 4.69) is 19.1 Å². The minimum Gasteiger partial charge on any atom is -0.544 e. The molecule has 0 aromatic heterocycles. The summed E-state index contributed by atoms with van der Waals surface area (Å²) < 4.78 is -0.464. The van der Waals surface area contributed by atoms with E-state index in [0.29, 0.717) is 6.42 Å². The molecule has 0 saturated carbocycles. The Morgan fingerprint density at radius 1 is 0.558 bits per heavy atom. The first-order valence-corrected chi connectivity index (χ1v) is 17.9. The smallest absolute Gasteiger partial charge is 0.362 e. The highest BCUT2D eigenvalue weighted by atomic mass is 16.4. The van der Waals surface area contributed by atoms with Crippen LogP contribution >= 0.6 is 0 Å². The summed E-state index contributed by atoms with van der Waals surface area (Å²) in [6.45, 7) is 7.38. The SMILES string of the molecule is C/C=C/CCCCCCCCCCCCCCCCCCCCC[N+](C(CC)C(=O)[O-])(C(CC)C(=O)O)C(CC)C(=O)O. The molecule has 0 aromatic carbocycles. The van der Waals surface area contributed by atoms with Crippen molar-refractivity contribution in [1.82, 2.24) is 0 Å². The number of allylic oxidation sites excluding steroid dienone is 2. The normalized spacial score (nSPS) is 15.3. The quantitative estimate of drug-likeness (QED) is 0.0463. The van der Waals surface area contributed by atoms with Gasteiger partial charge in [0, 0.05) is 19.3 Å². The summed E-state index contributed by atoms with van der Waals surface area (Å²) >= 11 is 0. The molecule has 2 N–H and O–H groups in total. The molecule has 3 unspecified atom stereocenters. The second-order valence-electron chi connectivity index (χ2n) is 12.6. The Balaban J connectivity index is 4.25. The fourth-order valence-corrected chi connectivity index (χ4v) is 7.08. The van der Waals surface area contributed by atoms with E-state index in [-0.39, 0.29) is 25.8 Å². The molecule has 0 aromatic rings. The third-order valence-corrected chi connectivity index (χ3v) is 9.40. The van der Waals surface area contributed by atoms with Gasteiger partial charge in [-0.2, -0.15) is 0 Å². The first-order valence-electron chi connectivity index (χ1n) is 17.9. The van der Waals surface area contributed by atoms with Gasteiger partial charge < -0.3 is 20.1 Å². The van der Waals surface area contributed by atoms with Gasteiger partial charge in [-0.3, -0.25) is 4.48 Å².